The van der Waals surface area contributed by atoms with E-state index in [2.05, 4.69) is 13.8 Å². The molecule has 0 aliphatic rings. The molecule has 0 fully saturated rings. The Morgan fingerprint density at radius 2 is 1.73 bits per heavy atom. The highest BCUT2D eigenvalue weighted by atomic mass is 35.5. The number of hydrogen-bond acceptors (Lipinski definition) is 1. The largest absolute Gasteiger partial charge is 0.488 e. The number of hydrogen-bond donors (Lipinski definition) is 0. The van der Waals surface area contributed by atoms with Crippen molar-refractivity contribution in [2.24, 2.45) is 0 Å². The van der Waals surface area contributed by atoms with E-state index in [1.807, 2.05) is 39.0 Å². The second-order valence-electron chi connectivity index (χ2n) is 4.89. The molecule has 0 aliphatic carbocycles. The summed E-state index contributed by atoms with van der Waals surface area (Å²) < 4.78 is 5.78. The fourth-order valence-corrected chi connectivity index (χ4v) is 1.49. The van der Waals surface area contributed by atoms with E-state index in [0.29, 0.717) is 5.02 Å². The zero-order valence-electron chi connectivity index (χ0n) is 10.0. The Balaban J connectivity index is 2.99. The van der Waals surface area contributed by atoms with E-state index in [-0.39, 0.29) is 5.60 Å². The summed E-state index contributed by atoms with van der Waals surface area (Å²) in [5.74, 6) is 2.06. The van der Waals surface area contributed by atoms with Gasteiger partial charge in [0.1, 0.15) is 11.4 Å². The summed E-state index contributed by atoms with van der Waals surface area (Å²) in [4.78, 5) is 0. The molecule has 0 unspecified atom stereocenters. The van der Waals surface area contributed by atoms with E-state index in [0.717, 1.165) is 11.3 Å². The Bertz CT molecular complexity index is 337. The minimum absolute atomic E-state index is 0.191. The third-order valence-electron chi connectivity index (χ3n) is 1.87. The maximum Gasteiger partial charge on any atom is 0.121 e. The lowest BCUT2D eigenvalue weighted by atomic mass is 10.0. The Labute approximate surface area is 97.4 Å². The van der Waals surface area contributed by atoms with Crippen molar-refractivity contribution < 1.29 is 4.74 Å². The van der Waals surface area contributed by atoms with Gasteiger partial charge in [0.25, 0.3) is 0 Å². The van der Waals surface area contributed by atoms with Crippen LogP contribution in [-0.4, -0.2) is 5.60 Å². The summed E-state index contributed by atoms with van der Waals surface area (Å²) in [5, 5.41) is 0.716. The zero-order valence-corrected chi connectivity index (χ0v) is 10.8. The van der Waals surface area contributed by atoms with Crippen LogP contribution in [0.2, 0.25) is 5.02 Å². The fraction of sp³-hybridized carbons (Fsp3) is 0.462. The molecule has 0 N–H and O–H groups in total. The van der Waals surface area contributed by atoms with Gasteiger partial charge in [-0.05, 0) is 50.5 Å². The Kier molecular flexibility index (Phi) is 3.67. The lowest BCUT2D eigenvalue weighted by Crippen LogP contribution is -2.23. The van der Waals surface area contributed by atoms with Crippen LogP contribution in [0.4, 0.5) is 0 Å². The molecule has 1 aromatic carbocycles. The van der Waals surface area contributed by atoms with Gasteiger partial charge in [0.15, 0.2) is 0 Å². The van der Waals surface area contributed by atoms with Crippen LogP contribution in [0.3, 0.4) is 0 Å². The molecule has 0 aliphatic heterocycles. The maximum absolute atomic E-state index is 6.03. The Morgan fingerprint density at radius 3 is 2.20 bits per heavy atom. The van der Waals surface area contributed by atoms with Crippen molar-refractivity contribution in [3.8, 4) is 5.75 Å². The monoisotopic (exact) mass is 225 g/mol. The summed E-state index contributed by atoms with van der Waals surface area (Å²) in [6, 6.07) is 5.82. The minimum atomic E-state index is -0.191. The molecule has 0 aromatic heterocycles. The van der Waals surface area contributed by atoms with Crippen molar-refractivity contribution in [1.82, 2.24) is 0 Å². The van der Waals surface area contributed by atoms with Crippen LogP contribution in [-0.2, 0) is 0 Å². The molecule has 1 nitrogen and oxygen atoms in total. The third-order valence-corrected chi connectivity index (χ3v) is 2.09. The average molecular weight is 226 g/mol. The second-order valence-corrected chi connectivity index (χ2v) is 5.33. The van der Waals surface area contributed by atoms with Crippen LogP contribution in [0.15, 0.2) is 18.2 Å². The number of ether oxygens (including phenoxy) is 1. The summed E-state index contributed by atoms with van der Waals surface area (Å²) >= 11 is 6.03. The predicted octanol–water partition coefficient (Wildman–Crippen LogP) is 4.48. The summed E-state index contributed by atoms with van der Waals surface area (Å²) in [6.45, 7) is 10.2. The molecule has 83 valence electrons. The third kappa shape index (κ3) is 4.13. The normalized spacial score (nSPS) is 11.9. The lowest BCUT2D eigenvalue weighted by molar-refractivity contribution is 0.131. The topological polar surface area (TPSA) is 9.23 Å². The van der Waals surface area contributed by atoms with Gasteiger partial charge in [-0.2, -0.15) is 0 Å². The first-order valence-corrected chi connectivity index (χ1v) is 5.46. The van der Waals surface area contributed by atoms with Crippen LogP contribution < -0.4 is 4.74 Å². The zero-order chi connectivity index (χ0) is 11.6. The van der Waals surface area contributed by atoms with Gasteiger partial charge in [-0.15, -0.1) is 0 Å². The smallest absolute Gasteiger partial charge is 0.121 e. The van der Waals surface area contributed by atoms with Crippen molar-refractivity contribution in [1.29, 1.82) is 0 Å². The van der Waals surface area contributed by atoms with Crippen LogP contribution in [0, 0.1) is 5.92 Å². The summed E-state index contributed by atoms with van der Waals surface area (Å²) in [6.07, 6.45) is 0. The minimum Gasteiger partial charge on any atom is -0.488 e. The van der Waals surface area contributed by atoms with E-state index in [1.165, 1.54) is 5.92 Å². The Hall–Kier alpha value is -0.690. The van der Waals surface area contributed by atoms with Gasteiger partial charge in [0.2, 0.25) is 0 Å². The van der Waals surface area contributed by atoms with Crippen LogP contribution in [0.1, 0.15) is 40.2 Å². The first-order chi connectivity index (χ1) is 6.78. The van der Waals surface area contributed by atoms with E-state index in [9.17, 15) is 0 Å². The van der Waals surface area contributed by atoms with Crippen molar-refractivity contribution >= 4 is 11.6 Å². The van der Waals surface area contributed by atoms with E-state index < -0.39 is 0 Å². The van der Waals surface area contributed by atoms with Gasteiger partial charge in [-0.1, -0.05) is 25.4 Å². The molecule has 1 rings (SSSR count). The number of rotatable bonds is 2. The van der Waals surface area contributed by atoms with Crippen LogP contribution >= 0.6 is 11.6 Å². The molecule has 0 saturated carbocycles. The Morgan fingerprint density at radius 1 is 1.13 bits per heavy atom. The standard InChI is InChI=1S/C13H18ClO/c1-9(2)10-6-11(14)8-12(7-10)15-13(3,4)5/h6-8H,1-5H3. The molecule has 0 amide bonds. The summed E-state index contributed by atoms with van der Waals surface area (Å²) in [7, 11) is 0. The molecule has 0 heterocycles. The van der Waals surface area contributed by atoms with Gasteiger partial charge < -0.3 is 4.74 Å². The van der Waals surface area contributed by atoms with Gasteiger partial charge >= 0.3 is 0 Å². The van der Waals surface area contributed by atoms with Crippen LogP contribution in [0.25, 0.3) is 0 Å². The molecule has 1 aromatic rings. The maximum atomic E-state index is 6.03. The number of benzene rings is 1. The lowest BCUT2D eigenvalue weighted by Gasteiger charge is -2.22. The molecule has 2 heteroatoms. The van der Waals surface area contributed by atoms with Gasteiger partial charge in [0, 0.05) is 5.02 Å². The van der Waals surface area contributed by atoms with E-state index in [4.69, 9.17) is 16.3 Å². The van der Waals surface area contributed by atoms with Crippen molar-refractivity contribution in [3.05, 3.63) is 34.7 Å². The highest BCUT2D eigenvalue weighted by Gasteiger charge is 2.13. The quantitative estimate of drug-likeness (QED) is 0.721. The molecule has 0 bridgehead atoms. The highest BCUT2D eigenvalue weighted by molar-refractivity contribution is 6.30. The molecule has 0 saturated heterocycles. The van der Waals surface area contributed by atoms with Crippen LogP contribution in [0.5, 0.6) is 5.75 Å². The molecular weight excluding hydrogens is 208 g/mol. The first-order valence-electron chi connectivity index (χ1n) is 5.08. The predicted molar refractivity (Wildman–Crippen MR) is 65.5 cm³/mol. The SMILES string of the molecule is C[C](C)c1cc(Cl)cc(OC(C)(C)C)c1. The van der Waals surface area contributed by atoms with Crippen molar-refractivity contribution in [3.63, 3.8) is 0 Å². The van der Waals surface area contributed by atoms with Gasteiger partial charge in [-0.25, -0.2) is 0 Å². The highest BCUT2D eigenvalue weighted by Crippen LogP contribution is 2.27. The first kappa shape index (κ1) is 12.4. The average Bonchev–Trinajstić information content (AvgIpc) is 1.99. The van der Waals surface area contributed by atoms with Crippen molar-refractivity contribution in [2.45, 2.75) is 40.2 Å². The van der Waals surface area contributed by atoms with E-state index >= 15 is 0 Å². The molecule has 1 radical (unpaired) electrons. The fourth-order valence-electron chi connectivity index (χ4n) is 1.26. The van der Waals surface area contributed by atoms with Gasteiger partial charge in [0.05, 0.1) is 0 Å². The number of halogens is 1. The molecular formula is C13H18ClO. The molecule has 15 heavy (non-hydrogen) atoms. The second kappa shape index (κ2) is 4.44. The van der Waals surface area contributed by atoms with Crippen molar-refractivity contribution in [2.75, 3.05) is 0 Å². The van der Waals surface area contributed by atoms with Gasteiger partial charge in [-0.3, -0.25) is 0 Å². The molecule has 0 spiro atoms. The van der Waals surface area contributed by atoms with E-state index in [1.54, 1.807) is 0 Å². The molecule has 0 atom stereocenters. The summed E-state index contributed by atoms with van der Waals surface area (Å²) in [5.41, 5.74) is 0.936.